The van der Waals surface area contributed by atoms with Gasteiger partial charge in [0.25, 0.3) is 5.91 Å². The predicted octanol–water partition coefficient (Wildman–Crippen LogP) is 0.970. The van der Waals surface area contributed by atoms with E-state index in [1.165, 1.54) is 0 Å². The number of carbonyl (C=O) groups is 1. The van der Waals surface area contributed by atoms with Crippen LogP contribution in [-0.2, 0) is 14.3 Å². The fraction of sp³-hybridized carbons (Fsp3) is 0.550. The lowest BCUT2D eigenvalue weighted by Crippen LogP contribution is -2.39. The molecule has 0 aromatic heterocycles. The Kier molecular flexibility index (Phi) is 5.08. The number of aliphatic hydroxyl groups is 1. The number of nitrogens with zero attached hydrogens (tertiary/aromatic N) is 2. The minimum atomic E-state index is -0.288. The van der Waals surface area contributed by atoms with Crippen LogP contribution in [-0.4, -0.2) is 69.7 Å². The molecule has 0 spiro atoms. The number of carbonyl (C=O) groups excluding carboxylic acids is 1. The minimum absolute atomic E-state index is 0.0128. The van der Waals surface area contributed by atoms with Gasteiger partial charge in [-0.3, -0.25) is 4.79 Å². The highest BCUT2D eigenvalue weighted by atomic mass is 16.5. The van der Waals surface area contributed by atoms with Crippen molar-refractivity contribution in [1.29, 1.82) is 0 Å². The van der Waals surface area contributed by atoms with E-state index in [4.69, 9.17) is 9.47 Å². The van der Waals surface area contributed by atoms with Gasteiger partial charge < -0.3 is 29.7 Å². The molecule has 3 aliphatic rings. The second-order valence-corrected chi connectivity index (χ2v) is 7.40. The first-order valence-corrected chi connectivity index (χ1v) is 9.55. The molecule has 2 unspecified atom stereocenters. The lowest BCUT2D eigenvalue weighted by Gasteiger charge is -2.25. The van der Waals surface area contributed by atoms with Gasteiger partial charge >= 0.3 is 0 Å². The minimum Gasteiger partial charge on any atom is -0.391 e. The van der Waals surface area contributed by atoms with Crippen LogP contribution in [0.2, 0.25) is 0 Å². The first-order valence-electron chi connectivity index (χ1n) is 9.55. The van der Waals surface area contributed by atoms with Gasteiger partial charge in [-0.25, -0.2) is 0 Å². The van der Waals surface area contributed by atoms with E-state index in [0.717, 1.165) is 35.6 Å². The van der Waals surface area contributed by atoms with E-state index in [-0.39, 0.29) is 18.1 Å². The van der Waals surface area contributed by atoms with Crippen LogP contribution in [0.25, 0.3) is 5.57 Å². The molecule has 3 heterocycles. The highest BCUT2D eigenvalue weighted by Crippen LogP contribution is 2.42. The smallest absolute Gasteiger partial charge is 0.261 e. The molecule has 0 bridgehead atoms. The number of methoxy groups -OCH3 is 1. The Morgan fingerprint density at radius 2 is 2.30 bits per heavy atom. The zero-order valence-corrected chi connectivity index (χ0v) is 15.9. The molecule has 4 rings (SSSR count). The number of anilines is 2. The van der Waals surface area contributed by atoms with Crippen molar-refractivity contribution in [2.45, 2.75) is 25.5 Å². The van der Waals surface area contributed by atoms with Crippen molar-refractivity contribution in [3.05, 3.63) is 29.5 Å². The molecular weight excluding hydrogens is 346 g/mol. The Hall–Kier alpha value is -2.09. The predicted molar refractivity (Wildman–Crippen MR) is 104 cm³/mol. The highest BCUT2D eigenvalue weighted by molar-refractivity contribution is 6.33. The van der Waals surface area contributed by atoms with Crippen LogP contribution in [0.5, 0.6) is 0 Å². The van der Waals surface area contributed by atoms with Crippen LogP contribution >= 0.6 is 0 Å². The average Bonchev–Trinajstić information content (AvgIpc) is 3.22. The molecule has 7 heteroatoms. The monoisotopic (exact) mass is 373 g/mol. The van der Waals surface area contributed by atoms with Crippen LogP contribution in [0.3, 0.4) is 0 Å². The zero-order chi connectivity index (χ0) is 19.0. The van der Waals surface area contributed by atoms with Crippen molar-refractivity contribution in [3.8, 4) is 0 Å². The summed E-state index contributed by atoms with van der Waals surface area (Å²) >= 11 is 0. The fourth-order valence-electron chi connectivity index (χ4n) is 4.16. The summed E-state index contributed by atoms with van der Waals surface area (Å²) in [6.07, 6.45) is 0.487. The molecule has 0 radical (unpaired) electrons. The van der Waals surface area contributed by atoms with E-state index in [1.54, 1.807) is 7.11 Å². The molecule has 2 atom stereocenters. The van der Waals surface area contributed by atoms with Gasteiger partial charge in [-0.15, -0.1) is 0 Å². The van der Waals surface area contributed by atoms with Crippen molar-refractivity contribution < 1.29 is 19.4 Å². The molecule has 1 amide bonds. The number of hydrogen-bond donors (Lipinski definition) is 2. The standard InChI is InChI=1S/C20H27N3O4/c1-13(11-26-2)23-18-4-3-14(22-7-5-15(24)10-22)9-16(18)19(20(23)25)17-12-27-8-6-21-17/h3-4,9,13,15,21,24H,5-8,10-12H2,1-2H3/b19-17-. The molecule has 27 heavy (non-hydrogen) atoms. The maximum Gasteiger partial charge on any atom is 0.261 e. The number of nitrogens with one attached hydrogen (secondary N) is 1. The molecule has 2 fully saturated rings. The van der Waals surface area contributed by atoms with E-state index in [9.17, 15) is 9.90 Å². The number of β-amino-alcohol motifs (C(OH)–C–C–N with tert-alkyl or cyclic N) is 1. The van der Waals surface area contributed by atoms with E-state index in [2.05, 4.69) is 16.3 Å². The molecule has 1 aromatic rings. The van der Waals surface area contributed by atoms with E-state index >= 15 is 0 Å². The summed E-state index contributed by atoms with van der Waals surface area (Å²) in [6.45, 7) is 5.68. The maximum absolute atomic E-state index is 13.3. The van der Waals surface area contributed by atoms with E-state index in [0.29, 0.717) is 38.5 Å². The summed E-state index contributed by atoms with van der Waals surface area (Å²) in [6, 6.07) is 6.05. The first-order chi connectivity index (χ1) is 13.1. The topological polar surface area (TPSA) is 74.3 Å². The zero-order valence-electron chi connectivity index (χ0n) is 15.9. The van der Waals surface area contributed by atoms with Gasteiger partial charge in [-0.05, 0) is 31.5 Å². The summed E-state index contributed by atoms with van der Waals surface area (Å²) in [5.41, 5.74) is 4.40. The normalized spacial score (nSPS) is 26.3. The Labute approximate surface area is 159 Å². The van der Waals surface area contributed by atoms with Gasteiger partial charge in [0.05, 0.1) is 48.9 Å². The number of rotatable bonds is 4. The van der Waals surface area contributed by atoms with Crippen LogP contribution in [0.1, 0.15) is 18.9 Å². The van der Waals surface area contributed by atoms with Crippen molar-refractivity contribution in [2.24, 2.45) is 0 Å². The number of ether oxygens (including phenoxy) is 2. The van der Waals surface area contributed by atoms with Gasteiger partial charge in [0.15, 0.2) is 0 Å². The van der Waals surface area contributed by atoms with Crippen molar-refractivity contribution in [3.63, 3.8) is 0 Å². The molecule has 0 saturated carbocycles. The van der Waals surface area contributed by atoms with E-state index < -0.39 is 0 Å². The number of benzene rings is 1. The Morgan fingerprint density at radius 1 is 1.44 bits per heavy atom. The molecule has 0 aliphatic carbocycles. The number of aliphatic hydroxyl groups excluding tert-OH is 1. The summed E-state index contributed by atoms with van der Waals surface area (Å²) in [4.78, 5) is 17.3. The second-order valence-electron chi connectivity index (χ2n) is 7.40. The van der Waals surface area contributed by atoms with Gasteiger partial charge in [-0.2, -0.15) is 0 Å². The Balaban J connectivity index is 1.77. The van der Waals surface area contributed by atoms with Crippen molar-refractivity contribution in [1.82, 2.24) is 5.32 Å². The summed E-state index contributed by atoms with van der Waals surface area (Å²) < 4.78 is 10.9. The van der Waals surface area contributed by atoms with Crippen molar-refractivity contribution >= 4 is 22.9 Å². The Bertz CT molecular complexity index is 756. The van der Waals surface area contributed by atoms with Gasteiger partial charge in [-0.1, -0.05) is 0 Å². The molecule has 7 nitrogen and oxygen atoms in total. The lowest BCUT2D eigenvalue weighted by molar-refractivity contribution is -0.113. The van der Waals surface area contributed by atoms with Crippen LogP contribution in [0.15, 0.2) is 23.9 Å². The SMILES string of the molecule is COCC(C)N1C(=O)/C(=C2/COCCN2)c2cc(N3CCC(O)C3)ccc21. The van der Waals surface area contributed by atoms with Crippen LogP contribution < -0.4 is 15.1 Å². The maximum atomic E-state index is 13.3. The van der Waals surface area contributed by atoms with E-state index in [1.807, 2.05) is 24.0 Å². The highest BCUT2D eigenvalue weighted by Gasteiger charge is 2.38. The average molecular weight is 373 g/mol. The second kappa shape index (κ2) is 7.50. The summed E-state index contributed by atoms with van der Waals surface area (Å²) in [5.74, 6) is -0.0128. The molecular formula is C20H27N3O4. The molecule has 3 aliphatic heterocycles. The quantitative estimate of drug-likeness (QED) is 0.767. The first kappa shape index (κ1) is 18.3. The molecule has 2 saturated heterocycles. The molecule has 2 N–H and O–H groups in total. The third kappa shape index (κ3) is 3.31. The van der Waals surface area contributed by atoms with Crippen LogP contribution in [0, 0.1) is 0 Å². The summed E-state index contributed by atoms with van der Waals surface area (Å²) in [7, 11) is 1.65. The number of fused-ring (bicyclic) bond motifs is 1. The van der Waals surface area contributed by atoms with Gasteiger partial charge in [0.2, 0.25) is 0 Å². The van der Waals surface area contributed by atoms with Crippen molar-refractivity contribution in [2.75, 3.05) is 56.4 Å². The summed E-state index contributed by atoms with van der Waals surface area (Å²) in [5, 5.41) is 13.2. The van der Waals surface area contributed by atoms with Gasteiger partial charge in [0.1, 0.15) is 0 Å². The number of hydrogen-bond acceptors (Lipinski definition) is 6. The largest absolute Gasteiger partial charge is 0.391 e. The molecule has 1 aromatic carbocycles. The number of amides is 1. The number of morpholine rings is 1. The fourth-order valence-corrected chi connectivity index (χ4v) is 4.16. The van der Waals surface area contributed by atoms with Gasteiger partial charge in [0, 0.05) is 38.0 Å². The molecule has 146 valence electrons. The third-order valence-electron chi connectivity index (χ3n) is 5.45. The van der Waals surface area contributed by atoms with Crippen LogP contribution in [0.4, 0.5) is 11.4 Å². The third-order valence-corrected chi connectivity index (χ3v) is 5.45. The lowest BCUT2D eigenvalue weighted by atomic mass is 10.0. The Morgan fingerprint density at radius 3 is 2.96 bits per heavy atom.